The summed E-state index contributed by atoms with van der Waals surface area (Å²) >= 11 is 0. The highest BCUT2D eigenvalue weighted by atomic mass is 31.0. The fraction of sp³-hybridized carbons (Fsp3) is 0.417. The van der Waals surface area contributed by atoms with Crippen LogP contribution in [0.4, 0.5) is 0 Å². The van der Waals surface area contributed by atoms with Gasteiger partial charge in [-0.3, -0.25) is 0 Å². The Bertz CT molecular complexity index is 688. The normalized spacial score (nSPS) is 20.8. The molecule has 1 aromatic rings. The predicted octanol–water partition coefficient (Wildman–Crippen LogP) is 7.10. The molecule has 1 heteroatoms. The van der Waals surface area contributed by atoms with Crippen molar-refractivity contribution < 1.29 is 0 Å². The van der Waals surface area contributed by atoms with E-state index in [2.05, 4.69) is 79.6 Å². The van der Waals surface area contributed by atoms with Crippen LogP contribution in [-0.2, 0) is 5.41 Å². The van der Waals surface area contributed by atoms with Gasteiger partial charge in [-0.1, -0.05) is 87.9 Å². The number of benzene rings is 1. The first-order valence-electron chi connectivity index (χ1n) is 9.55. The van der Waals surface area contributed by atoms with Gasteiger partial charge in [-0.25, -0.2) is 0 Å². The Balaban J connectivity index is 2.64. The minimum absolute atomic E-state index is 0.0534. The molecule has 0 N–H and O–H groups in total. The standard InChI is InChI=1S/C24H33P/c1-6-9-13-22-19(5)21-12-10-11-14-23(21)24(22,15-7-2)18(4)16-20(8-3)17-25/h6,9-14,20H,1,4,7-8,15-17,25H2,2-3,5H3/b13-9-. The number of rotatable bonds is 9. The van der Waals surface area contributed by atoms with Crippen LogP contribution in [0.15, 0.2) is 66.8 Å². The van der Waals surface area contributed by atoms with E-state index in [-0.39, 0.29) is 5.41 Å². The van der Waals surface area contributed by atoms with Gasteiger partial charge in [0.2, 0.25) is 0 Å². The Kier molecular flexibility index (Phi) is 7.03. The molecule has 0 saturated heterocycles. The molecule has 0 radical (unpaired) electrons. The van der Waals surface area contributed by atoms with Crippen molar-refractivity contribution in [1.29, 1.82) is 0 Å². The summed E-state index contributed by atoms with van der Waals surface area (Å²) in [6, 6.07) is 8.91. The molecule has 134 valence electrons. The Morgan fingerprint density at radius 3 is 2.60 bits per heavy atom. The molecule has 2 rings (SSSR count). The van der Waals surface area contributed by atoms with Gasteiger partial charge in [-0.05, 0) is 54.1 Å². The molecule has 3 unspecified atom stereocenters. The average molecular weight is 353 g/mol. The molecule has 1 aliphatic carbocycles. The quantitative estimate of drug-likeness (QED) is 0.252. The molecular formula is C24H33P. The Morgan fingerprint density at radius 2 is 2.00 bits per heavy atom. The third-order valence-electron chi connectivity index (χ3n) is 5.73. The van der Waals surface area contributed by atoms with Crippen molar-refractivity contribution in [3.8, 4) is 0 Å². The van der Waals surface area contributed by atoms with E-state index in [1.807, 2.05) is 6.08 Å². The van der Waals surface area contributed by atoms with Gasteiger partial charge in [-0.2, -0.15) is 0 Å². The van der Waals surface area contributed by atoms with Gasteiger partial charge >= 0.3 is 0 Å². The van der Waals surface area contributed by atoms with Crippen LogP contribution in [0.3, 0.4) is 0 Å². The molecule has 1 aromatic carbocycles. The lowest BCUT2D eigenvalue weighted by atomic mass is 9.66. The van der Waals surface area contributed by atoms with Crippen molar-refractivity contribution in [2.45, 2.75) is 51.9 Å². The largest absolute Gasteiger partial charge is 0.137 e. The maximum Gasteiger partial charge on any atom is 0.0417 e. The molecule has 0 saturated carbocycles. The highest BCUT2D eigenvalue weighted by Gasteiger charge is 2.44. The molecule has 0 nitrogen and oxygen atoms in total. The van der Waals surface area contributed by atoms with Crippen molar-refractivity contribution in [3.05, 3.63) is 77.9 Å². The zero-order chi connectivity index (χ0) is 18.4. The molecular weight excluding hydrogens is 319 g/mol. The second kappa shape index (κ2) is 8.81. The van der Waals surface area contributed by atoms with Gasteiger partial charge in [0.25, 0.3) is 0 Å². The molecule has 0 spiro atoms. The van der Waals surface area contributed by atoms with E-state index >= 15 is 0 Å². The first kappa shape index (κ1) is 19.9. The van der Waals surface area contributed by atoms with E-state index in [0.29, 0.717) is 5.92 Å². The highest BCUT2D eigenvalue weighted by Crippen LogP contribution is 2.54. The SMILES string of the molecule is C=C/C=C\C1=C(C)c2ccccc2C1(CCC)C(=C)CC(CC)CP. The molecule has 0 amide bonds. The zero-order valence-corrected chi connectivity index (χ0v) is 17.3. The fourth-order valence-corrected chi connectivity index (χ4v) is 4.84. The van der Waals surface area contributed by atoms with E-state index < -0.39 is 0 Å². The van der Waals surface area contributed by atoms with Gasteiger partial charge in [0.15, 0.2) is 0 Å². The van der Waals surface area contributed by atoms with Crippen LogP contribution in [0.2, 0.25) is 0 Å². The van der Waals surface area contributed by atoms with Gasteiger partial charge in [-0.15, -0.1) is 9.24 Å². The summed E-state index contributed by atoms with van der Waals surface area (Å²) in [5, 5.41) is 0. The zero-order valence-electron chi connectivity index (χ0n) is 16.1. The van der Waals surface area contributed by atoms with Gasteiger partial charge in [0.05, 0.1) is 0 Å². The summed E-state index contributed by atoms with van der Waals surface area (Å²) in [4.78, 5) is 0. The summed E-state index contributed by atoms with van der Waals surface area (Å²) in [5.41, 5.74) is 6.96. The topological polar surface area (TPSA) is 0 Å². The summed E-state index contributed by atoms with van der Waals surface area (Å²) in [7, 11) is 2.92. The molecule has 0 aliphatic heterocycles. The Morgan fingerprint density at radius 1 is 1.28 bits per heavy atom. The van der Waals surface area contributed by atoms with Crippen LogP contribution < -0.4 is 0 Å². The molecule has 0 heterocycles. The molecule has 3 atom stereocenters. The number of hydrogen-bond donors (Lipinski definition) is 0. The molecule has 1 aliphatic rings. The van der Waals surface area contributed by atoms with Crippen LogP contribution in [0.25, 0.3) is 5.57 Å². The van der Waals surface area contributed by atoms with Gasteiger partial charge in [0, 0.05) is 5.41 Å². The van der Waals surface area contributed by atoms with Crippen molar-refractivity contribution in [3.63, 3.8) is 0 Å². The number of hydrogen-bond acceptors (Lipinski definition) is 0. The lowest BCUT2D eigenvalue weighted by molar-refractivity contribution is 0.477. The van der Waals surface area contributed by atoms with Crippen LogP contribution >= 0.6 is 9.24 Å². The van der Waals surface area contributed by atoms with Crippen LogP contribution in [-0.4, -0.2) is 6.16 Å². The van der Waals surface area contributed by atoms with Crippen molar-refractivity contribution in [2.75, 3.05) is 6.16 Å². The summed E-state index contributed by atoms with van der Waals surface area (Å²) < 4.78 is 0. The summed E-state index contributed by atoms with van der Waals surface area (Å²) in [6.45, 7) is 15.4. The van der Waals surface area contributed by atoms with Crippen LogP contribution in [0.5, 0.6) is 0 Å². The lowest BCUT2D eigenvalue weighted by Gasteiger charge is -2.37. The molecule has 0 fully saturated rings. The maximum absolute atomic E-state index is 4.65. The minimum Gasteiger partial charge on any atom is -0.137 e. The monoisotopic (exact) mass is 352 g/mol. The third kappa shape index (κ3) is 3.61. The fourth-order valence-electron chi connectivity index (χ4n) is 4.34. The van der Waals surface area contributed by atoms with Gasteiger partial charge in [0.1, 0.15) is 0 Å². The third-order valence-corrected chi connectivity index (χ3v) is 6.39. The predicted molar refractivity (Wildman–Crippen MR) is 117 cm³/mol. The summed E-state index contributed by atoms with van der Waals surface area (Å²) in [5.74, 6) is 0.684. The second-order valence-electron chi connectivity index (χ2n) is 7.15. The number of fused-ring (bicyclic) bond motifs is 1. The van der Waals surface area contributed by atoms with Crippen molar-refractivity contribution >= 4 is 14.8 Å². The first-order chi connectivity index (χ1) is 12.1. The Hall–Kier alpha value is -1.39. The number of allylic oxidation sites excluding steroid dienone is 6. The maximum atomic E-state index is 4.65. The molecule has 25 heavy (non-hydrogen) atoms. The van der Waals surface area contributed by atoms with E-state index in [4.69, 9.17) is 0 Å². The van der Waals surface area contributed by atoms with E-state index in [1.54, 1.807) is 0 Å². The highest BCUT2D eigenvalue weighted by molar-refractivity contribution is 7.16. The van der Waals surface area contributed by atoms with Crippen LogP contribution in [0, 0.1) is 5.92 Å². The van der Waals surface area contributed by atoms with Crippen molar-refractivity contribution in [1.82, 2.24) is 0 Å². The van der Waals surface area contributed by atoms with Crippen LogP contribution in [0.1, 0.15) is 57.6 Å². The van der Waals surface area contributed by atoms with Gasteiger partial charge < -0.3 is 0 Å². The second-order valence-corrected chi connectivity index (χ2v) is 7.62. The Labute approximate surface area is 157 Å². The lowest BCUT2D eigenvalue weighted by Crippen LogP contribution is -2.29. The summed E-state index contributed by atoms with van der Waals surface area (Å²) in [6.07, 6.45) is 11.9. The minimum atomic E-state index is -0.0534. The van der Waals surface area contributed by atoms with E-state index in [1.165, 1.54) is 34.3 Å². The molecule has 0 bridgehead atoms. The smallest absolute Gasteiger partial charge is 0.0417 e. The van der Waals surface area contributed by atoms with E-state index in [0.717, 1.165) is 25.4 Å². The average Bonchev–Trinajstić information content (AvgIpc) is 2.87. The van der Waals surface area contributed by atoms with Crippen molar-refractivity contribution in [2.24, 2.45) is 5.92 Å². The first-order valence-corrected chi connectivity index (χ1v) is 10.4. The van der Waals surface area contributed by atoms with E-state index in [9.17, 15) is 0 Å². The molecule has 0 aromatic heterocycles.